The van der Waals surface area contributed by atoms with Crippen LogP contribution in [0.5, 0.6) is 0 Å². The van der Waals surface area contributed by atoms with Crippen molar-refractivity contribution in [2.45, 2.75) is 18.2 Å². The van der Waals surface area contributed by atoms with Crippen molar-refractivity contribution in [3.8, 4) is 0 Å². The molecule has 0 radical (unpaired) electrons. The van der Waals surface area contributed by atoms with Gasteiger partial charge in [0.1, 0.15) is 6.29 Å². The Morgan fingerprint density at radius 3 is 2.30 bits per heavy atom. The molecule has 0 aromatic heterocycles. The van der Waals surface area contributed by atoms with Crippen molar-refractivity contribution in [3.05, 3.63) is 0 Å². The molecule has 0 aromatic carbocycles. The van der Waals surface area contributed by atoms with Gasteiger partial charge in [-0.1, -0.05) is 0 Å². The Balaban J connectivity index is 3.80. The molecule has 0 unspecified atom stereocenters. The molecule has 0 aliphatic rings. The Kier molecular flexibility index (Phi) is 4.13. The van der Waals surface area contributed by atoms with E-state index in [9.17, 15) is 4.79 Å². The van der Waals surface area contributed by atoms with Crippen molar-refractivity contribution in [2.75, 3.05) is 6.54 Å². The number of hydrogen-bond acceptors (Lipinski definition) is 5. The van der Waals surface area contributed by atoms with Gasteiger partial charge in [-0.3, -0.25) is 0 Å². The number of aliphatic hydroxyl groups is 1. The summed E-state index contributed by atoms with van der Waals surface area (Å²) in [7, 11) is 0. The Bertz CT molecular complexity index is 109. The minimum Gasteiger partial charge on any atom is -0.390 e. The third-order valence-electron chi connectivity index (χ3n) is 1.29. The number of hydrogen-bond donors (Lipinski definition) is 4. The lowest BCUT2D eigenvalue weighted by molar-refractivity contribution is -0.109. The number of aldehydes is 1. The maximum Gasteiger partial charge on any atom is 0.138 e. The zero-order valence-electron chi connectivity index (χ0n) is 5.60. The van der Waals surface area contributed by atoms with Crippen LogP contribution in [0.15, 0.2) is 0 Å². The molecule has 0 heterocycles. The molecule has 0 aliphatic carbocycles. The average molecular weight is 147 g/mol. The average Bonchev–Trinajstić information content (AvgIpc) is 2.00. The minimum atomic E-state index is -0.903. The molecular weight excluding hydrogens is 134 g/mol. The lowest BCUT2D eigenvalue weighted by Crippen LogP contribution is -2.52. The topological polar surface area (TPSA) is 115 Å². The minimum absolute atomic E-state index is 0.0166. The van der Waals surface area contributed by atoms with Gasteiger partial charge in [0, 0.05) is 6.54 Å². The molecule has 5 heteroatoms. The summed E-state index contributed by atoms with van der Waals surface area (Å²) in [5, 5.41) is 8.94. The van der Waals surface area contributed by atoms with Crippen molar-refractivity contribution in [3.63, 3.8) is 0 Å². The summed E-state index contributed by atoms with van der Waals surface area (Å²) in [5.74, 6) is 0. The fourth-order valence-electron chi connectivity index (χ4n) is 0.504. The molecule has 7 N–H and O–H groups in total. The van der Waals surface area contributed by atoms with Gasteiger partial charge in [-0.25, -0.2) is 0 Å². The van der Waals surface area contributed by atoms with E-state index >= 15 is 0 Å². The largest absolute Gasteiger partial charge is 0.390 e. The summed E-state index contributed by atoms with van der Waals surface area (Å²) in [6.07, 6.45) is -0.413. The monoisotopic (exact) mass is 147 g/mol. The number of carbonyl (C=O) groups excluding carboxylic acids is 1. The van der Waals surface area contributed by atoms with Gasteiger partial charge in [-0.05, 0) is 0 Å². The summed E-state index contributed by atoms with van der Waals surface area (Å²) < 4.78 is 0. The number of nitrogens with two attached hydrogens (primary N) is 3. The van der Waals surface area contributed by atoms with Crippen LogP contribution < -0.4 is 17.2 Å². The highest BCUT2D eigenvalue weighted by Gasteiger charge is 2.19. The number of aliphatic hydroxyl groups excluding tert-OH is 1. The molecule has 60 valence electrons. The molecule has 5 nitrogen and oxygen atoms in total. The molecule has 0 saturated carbocycles. The van der Waals surface area contributed by atoms with Crippen LogP contribution in [0.2, 0.25) is 0 Å². The normalized spacial score (nSPS) is 19.6. The fourth-order valence-corrected chi connectivity index (χ4v) is 0.504. The molecule has 0 amide bonds. The van der Waals surface area contributed by atoms with Gasteiger partial charge in [0.2, 0.25) is 0 Å². The third kappa shape index (κ3) is 2.40. The van der Waals surface area contributed by atoms with E-state index in [1.54, 1.807) is 0 Å². The molecule has 0 aromatic rings. The highest BCUT2D eigenvalue weighted by molar-refractivity contribution is 5.58. The van der Waals surface area contributed by atoms with Crippen LogP contribution in [0.1, 0.15) is 0 Å². The van der Waals surface area contributed by atoms with Crippen molar-refractivity contribution in [1.82, 2.24) is 0 Å². The molecular formula is C5H13N3O2. The Hall–Kier alpha value is -0.490. The van der Waals surface area contributed by atoms with E-state index < -0.39 is 18.2 Å². The summed E-state index contributed by atoms with van der Waals surface area (Å²) in [6, 6.07) is -1.60. The van der Waals surface area contributed by atoms with Gasteiger partial charge in [0.05, 0.1) is 18.2 Å². The first kappa shape index (κ1) is 9.51. The number of carbonyl (C=O) groups is 1. The van der Waals surface area contributed by atoms with E-state index in [1.807, 2.05) is 0 Å². The molecule has 10 heavy (non-hydrogen) atoms. The Labute approximate surface area is 59.2 Å². The summed E-state index contributed by atoms with van der Waals surface area (Å²) in [5.41, 5.74) is 15.5. The van der Waals surface area contributed by atoms with Gasteiger partial charge in [0.15, 0.2) is 0 Å². The molecule has 0 saturated heterocycles. The van der Waals surface area contributed by atoms with Crippen LogP contribution in [-0.4, -0.2) is 36.1 Å². The van der Waals surface area contributed by atoms with E-state index in [0.29, 0.717) is 6.29 Å². The van der Waals surface area contributed by atoms with Crippen molar-refractivity contribution in [2.24, 2.45) is 17.2 Å². The van der Waals surface area contributed by atoms with Gasteiger partial charge in [0.25, 0.3) is 0 Å². The molecule has 0 bridgehead atoms. The summed E-state index contributed by atoms with van der Waals surface area (Å²) >= 11 is 0. The molecule has 3 atom stereocenters. The van der Waals surface area contributed by atoms with Gasteiger partial charge < -0.3 is 27.1 Å². The molecule has 0 fully saturated rings. The lowest BCUT2D eigenvalue weighted by Gasteiger charge is -2.18. The molecule has 0 aliphatic heterocycles. The van der Waals surface area contributed by atoms with Gasteiger partial charge in [-0.2, -0.15) is 0 Å². The van der Waals surface area contributed by atoms with Crippen LogP contribution >= 0.6 is 0 Å². The zero-order chi connectivity index (χ0) is 8.15. The van der Waals surface area contributed by atoms with Crippen molar-refractivity contribution < 1.29 is 9.90 Å². The SMILES string of the molecule is NC[C@@H](O)[C@@H](N)[C@H](N)C=O. The number of rotatable bonds is 4. The van der Waals surface area contributed by atoms with Crippen LogP contribution in [0.4, 0.5) is 0 Å². The second-order valence-corrected chi connectivity index (χ2v) is 2.09. The second kappa shape index (κ2) is 4.35. The highest BCUT2D eigenvalue weighted by Crippen LogP contribution is 1.89. The van der Waals surface area contributed by atoms with E-state index in [1.165, 1.54) is 0 Å². The first-order chi connectivity index (χ1) is 4.63. The molecule has 0 spiro atoms. The van der Waals surface area contributed by atoms with Crippen LogP contribution in [0.3, 0.4) is 0 Å². The van der Waals surface area contributed by atoms with Crippen LogP contribution in [-0.2, 0) is 4.79 Å². The standard InChI is InChI=1S/C5H13N3O2/c6-1-4(10)5(8)3(7)2-9/h2-5,10H,1,6-8H2/t3-,4-,5+/m1/s1. The van der Waals surface area contributed by atoms with Gasteiger partial charge in [-0.15, -0.1) is 0 Å². The fraction of sp³-hybridized carbons (Fsp3) is 0.800. The third-order valence-corrected chi connectivity index (χ3v) is 1.29. The van der Waals surface area contributed by atoms with Crippen LogP contribution in [0, 0.1) is 0 Å². The first-order valence-electron chi connectivity index (χ1n) is 2.98. The predicted octanol–water partition coefficient (Wildman–Crippen LogP) is -2.84. The molecule has 0 rings (SSSR count). The maximum absolute atomic E-state index is 10.0. The zero-order valence-corrected chi connectivity index (χ0v) is 5.60. The summed E-state index contributed by atoms with van der Waals surface area (Å²) in [4.78, 5) is 10.0. The maximum atomic E-state index is 10.0. The lowest BCUT2D eigenvalue weighted by atomic mass is 10.1. The van der Waals surface area contributed by atoms with Crippen LogP contribution in [0.25, 0.3) is 0 Å². The van der Waals surface area contributed by atoms with Crippen molar-refractivity contribution in [1.29, 1.82) is 0 Å². The smallest absolute Gasteiger partial charge is 0.138 e. The summed E-state index contributed by atoms with van der Waals surface area (Å²) in [6.45, 7) is 0.0166. The van der Waals surface area contributed by atoms with E-state index in [0.717, 1.165) is 0 Å². The predicted molar refractivity (Wildman–Crippen MR) is 37.1 cm³/mol. The van der Waals surface area contributed by atoms with E-state index in [-0.39, 0.29) is 6.54 Å². The van der Waals surface area contributed by atoms with E-state index in [2.05, 4.69) is 0 Å². The second-order valence-electron chi connectivity index (χ2n) is 2.09. The quantitative estimate of drug-likeness (QED) is 0.320. The first-order valence-corrected chi connectivity index (χ1v) is 2.98. The van der Waals surface area contributed by atoms with Crippen molar-refractivity contribution >= 4 is 6.29 Å². The Morgan fingerprint density at radius 1 is 1.50 bits per heavy atom. The Morgan fingerprint density at radius 2 is 2.00 bits per heavy atom. The highest BCUT2D eigenvalue weighted by atomic mass is 16.3. The van der Waals surface area contributed by atoms with Gasteiger partial charge >= 0.3 is 0 Å². The van der Waals surface area contributed by atoms with E-state index in [4.69, 9.17) is 22.3 Å².